The van der Waals surface area contributed by atoms with Crippen LogP contribution in [0.2, 0.25) is 0 Å². The Morgan fingerprint density at radius 2 is 1.46 bits per heavy atom. The van der Waals surface area contributed by atoms with Crippen molar-refractivity contribution >= 4 is 11.9 Å². The van der Waals surface area contributed by atoms with Crippen LogP contribution in [0.15, 0.2) is 85.1 Å². The molecule has 0 saturated carbocycles. The summed E-state index contributed by atoms with van der Waals surface area (Å²) in [7, 11) is 0. The summed E-state index contributed by atoms with van der Waals surface area (Å²) in [6, 6.07) is 25.1. The van der Waals surface area contributed by atoms with Crippen LogP contribution in [0.25, 0.3) is 38.6 Å². The Bertz CT molecular complexity index is 1180. The number of rotatable bonds is 4. The van der Waals surface area contributed by atoms with Crippen molar-refractivity contribution in [2.24, 2.45) is 0 Å². The summed E-state index contributed by atoms with van der Waals surface area (Å²) < 4.78 is 0. The van der Waals surface area contributed by atoms with Gasteiger partial charge in [-0.25, -0.2) is 9.83 Å². The highest BCUT2D eigenvalue weighted by Gasteiger charge is 2.15. The first-order chi connectivity index (χ1) is 13.8. The topological polar surface area (TPSA) is 54.0 Å². The second-order valence-corrected chi connectivity index (χ2v) is 6.22. The third kappa shape index (κ3) is 3.29. The van der Waals surface area contributed by atoms with Crippen molar-refractivity contribution in [3.05, 3.63) is 102 Å². The molecule has 1 heterocycles. The normalized spacial score (nSPS) is 10.2. The van der Waals surface area contributed by atoms with Gasteiger partial charge in [-0.1, -0.05) is 78.9 Å². The van der Waals surface area contributed by atoms with Crippen LogP contribution in [0, 0.1) is 12.0 Å². The summed E-state index contributed by atoms with van der Waals surface area (Å²) in [4.78, 5) is 13.2. The molecule has 4 rings (SSSR count). The Kier molecular flexibility index (Phi) is 4.73. The van der Waals surface area contributed by atoms with Crippen molar-refractivity contribution in [2.75, 3.05) is 0 Å². The Morgan fingerprint density at radius 1 is 0.821 bits per heavy atom. The molecule has 28 heavy (non-hydrogen) atoms. The first-order valence-corrected chi connectivity index (χ1v) is 8.80. The van der Waals surface area contributed by atoms with Gasteiger partial charge in [-0.05, 0) is 5.56 Å². The second-order valence-electron chi connectivity index (χ2n) is 6.22. The second kappa shape index (κ2) is 7.65. The van der Waals surface area contributed by atoms with Gasteiger partial charge in [0.15, 0.2) is 5.69 Å². The monoisotopic (exact) mass is 360 g/mol. The van der Waals surface area contributed by atoms with Crippen molar-refractivity contribution in [1.82, 2.24) is 9.97 Å². The summed E-state index contributed by atoms with van der Waals surface area (Å²) in [5, 5.41) is 7.52. The van der Waals surface area contributed by atoms with Gasteiger partial charge < -0.3 is 5.41 Å². The van der Waals surface area contributed by atoms with E-state index in [9.17, 15) is 0 Å². The maximum absolute atomic E-state index is 7.52. The molecule has 0 aliphatic heterocycles. The average molecular weight is 360 g/mol. The maximum atomic E-state index is 7.52. The molecule has 4 heteroatoms. The molecule has 0 saturated heterocycles. The first-order valence-electron chi connectivity index (χ1n) is 8.80. The lowest BCUT2D eigenvalue weighted by atomic mass is 10.0. The van der Waals surface area contributed by atoms with E-state index in [2.05, 4.69) is 4.85 Å². The lowest BCUT2D eigenvalue weighted by Crippen LogP contribution is -1.96. The number of benzene rings is 3. The zero-order valence-electron chi connectivity index (χ0n) is 15.0. The number of hydrogen-bond donors (Lipinski definition) is 1. The fourth-order valence-corrected chi connectivity index (χ4v) is 3.07. The molecule has 0 aliphatic carbocycles. The minimum absolute atomic E-state index is 0.492. The number of nitrogens with one attached hydrogen (secondary N) is 1. The molecule has 0 fully saturated rings. The van der Waals surface area contributed by atoms with Crippen LogP contribution in [0.4, 0.5) is 5.69 Å². The summed E-state index contributed by atoms with van der Waals surface area (Å²) in [6.07, 6.45) is 2.97. The van der Waals surface area contributed by atoms with Crippen molar-refractivity contribution in [1.29, 1.82) is 5.41 Å². The molecular weight excluding hydrogens is 344 g/mol. The molecule has 0 atom stereocenters. The Labute approximate surface area is 163 Å². The first kappa shape index (κ1) is 17.3. The van der Waals surface area contributed by atoms with Crippen LogP contribution >= 0.6 is 0 Å². The third-order valence-corrected chi connectivity index (χ3v) is 4.45. The SMILES string of the molecule is [C-]#[N+]c1ccc(C=N)cc1-c1cnc(-c2ccccc2)c(-c2ccccc2)n1. The lowest BCUT2D eigenvalue weighted by molar-refractivity contribution is 1.21. The molecule has 1 aromatic heterocycles. The van der Waals surface area contributed by atoms with Crippen LogP contribution in [-0.2, 0) is 0 Å². The van der Waals surface area contributed by atoms with Gasteiger partial charge in [0.25, 0.3) is 0 Å². The van der Waals surface area contributed by atoms with E-state index in [-0.39, 0.29) is 0 Å². The number of hydrogen-bond acceptors (Lipinski definition) is 3. The van der Waals surface area contributed by atoms with E-state index in [1.165, 1.54) is 6.21 Å². The largest absolute Gasteiger partial charge is 0.308 e. The van der Waals surface area contributed by atoms with E-state index < -0.39 is 0 Å². The van der Waals surface area contributed by atoms with Gasteiger partial charge in [0, 0.05) is 22.9 Å². The standard InChI is InChI=1S/C24H16N4/c1-26-21-13-12-17(15-25)14-20(21)22-16-27-23(18-8-4-2-5-9-18)24(28-22)19-10-6-3-7-11-19/h2-16,25H. The number of aromatic nitrogens is 2. The Morgan fingerprint density at radius 3 is 2.07 bits per heavy atom. The van der Waals surface area contributed by atoms with E-state index in [1.54, 1.807) is 24.4 Å². The van der Waals surface area contributed by atoms with Gasteiger partial charge in [0.05, 0.1) is 29.9 Å². The summed E-state index contributed by atoms with van der Waals surface area (Å²) in [6.45, 7) is 7.48. The smallest absolute Gasteiger partial charge is 0.196 e. The van der Waals surface area contributed by atoms with Gasteiger partial charge in [-0.2, -0.15) is 0 Å². The third-order valence-electron chi connectivity index (χ3n) is 4.45. The average Bonchev–Trinajstić information content (AvgIpc) is 2.79. The summed E-state index contributed by atoms with van der Waals surface area (Å²) in [5.41, 5.74) is 6.02. The van der Waals surface area contributed by atoms with Crippen molar-refractivity contribution < 1.29 is 0 Å². The van der Waals surface area contributed by atoms with E-state index >= 15 is 0 Å². The Balaban J connectivity index is 1.96. The zero-order chi connectivity index (χ0) is 19.3. The molecule has 4 aromatic rings. The van der Waals surface area contributed by atoms with Crippen LogP contribution < -0.4 is 0 Å². The highest BCUT2D eigenvalue weighted by atomic mass is 14.8. The van der Waals surface area contributed by atoms with Gasteiger partial charge in [0.1, 0.15) is 0 Å². The summed E-state index contributed by atoms with van der Waals surface area (Å²) >= 11 is 0. The van der Waals surface area contributed by atoms with E-state index in [4.69, 9.17) is 21.9 Å². The van der Waals surface area contributed by atoms with Gasteiger partial charge in [-0.3, -0.25) is 4.98 Å². The van der Waals surface area contributed by atoms with Gasteiger partial charge >= 0.3 is 0 Å². The molecular formula is C24H16N4. The molecule has 0 amide bonds. The molecule has 1 N–H and O–H groups in total. The van der Waals surface area contributed by atoms with Gasteiger partial charge in [0.2, 0.25) is 0 Å². The van der Waals surface area contributed by atoms with Crippen LogP contribution in [0.1, 0.15) is 5.56 Å². The zero-order valence-corrected chi connectivity index (χ0v) is 15.0. The van der Waals surface area contributed by atoms with E-state index in [1.807, 2.05) is 60.7 Å². The van der Waals surface area contributed by atoms with Crippen LogP contribution in [-0.4, -0.2) is 16.2 Å². The molecule has 3 aromatic carbocycles. The van der Waals surface area contributed by atoms with Gasteiger partial charge in [-0.15, -0.1) is 0 Å². The van der Waals surface area contributed by atoms with Crippen molar-refractivity contribution in [3.8, 4) is 33.8 Å². The highest BCUT2D eigenvalue weighted by molar-refractivity contribution is 5.87. The molecule has 0 unspecified atom stereocenters. The minimum Gasteiger partial charge on any atom is -0.308 e. The van der Waals surface area contributed by atoms with E-state index in [0.29, 0.717) is 16.9 Å². The molecule has 4 nitrogen and oxygen atoms in total. The quantitative estimate of drug-likeness (QED) is 0.357. The van der Waals surface area contributed by atoms with Crippen molar-refractivity contribution in [2.45, 2.75) is 0 Å². The fourth-order valence-electron chi connectivity index (χ4n) is 3.07. The predicted molar refractivity (Wildman–Crippen MR) is 112 cm³/mol. The minimum atomic E-state index is 0.492. The fraction of sp³-hybridized carbons (Fsp3) is 0. The molecule has 0 bridgehead atoms. The molecule has 132 valence electrons. The lowest BCUT2D eigenvalue weighted by Gasteiger charge is -2.12. The highest BCUT2D eigenvalue weighted by Crippen LogP contribution is 2.34. The predicted octanol–water partition coefficient (Wildman–Crippen LogP) is 6.03. The Hall–Kier alpha value is -4.10. The van der Waals surface area contributed by atoms with Crippen molar-refractivity contribution in [3.63, 3.8) is 0 Å². The molecule has 0 aliphatic rings. The molecule has 0 radical (unpaired) electrons. The van der Waals surface area contributed by atoms with Crippen LogP contribution in [0.5, 0.6) is 0 Å². The number of nitrogens with zero attached hydrogens (tertiary/aromatic N) is 3. The summed E-state index contributed by atoms with van der Waals surface area (Å²) in [5.74, 6) is 0. The van der Waals surface area contributed by atoms with Crippen LogP contribution in [0.3, 0.4) is 0 Å². The van der Waals surface area contributed by atoms with E-state index in [0.717, 1.165) is 28.1 Å². The maximum Gasteiger partial charge on any atom is 0.196 e. The molecule has 0 spiro atoms.